The van der Waals surface area contributed by atoms with Gasteiger partial charge in [0.1, 0.15) is 0 Å². The summed E-state index contributed by atoms with van der Waals surface area (Å²) in [6.45, 7) is 2.00. The number of allylic oxidation sites excluding steroid dienone is 1. The zero-order chi connectivity index (χ0) is 10.1. The third-order valence-electron chi connectivity index (χ3n) is 3.60. The minimum Gasteiger partial charge on any atom is -0.400 e. The van der Waals surface area contributed by atoms with Crippen molar-refractivity contribution in [3.8, 4) is 0 Å². The molecule has 2 heteroatoms. The maximum absolute atomic E-state index is 6.00. The van der Waals surface area contributed by atoms with E-state index in [0.29, 0.717) is 5.92 Å². The van der Waals surface area contributed by atoms with Gasteiger partial charge < -0.3 is 10.5 Å². The second-order valence-corrected chi connectivity index (χ2v) is 4.70. The molecule has 14 heavy (non-hydrogen) atoms. The van der Waals surface area contributed by atoms with E-state index >= 15 is 0 Å². The maximum Gasteiger partial charge on any atom is 0.0993 e. The highest BCUT2D eigenvalue weighted by molar-refractivity contribution is 5.09. The fraction of sp³-hybridized carbons (Fsp3) is 0.833. The number of methoxy groups -OCH3 is 1. The molecule has 2 aliphatic rings. The molecule has 80 valence electrons. The summed E-state index contributed by atoms with van der Waals surface area (Å²) in [7, 11) is 1.79. The van der Waals surface area contributed by atoms with Gasteiger partial charge in [0.25, 0.3) is 0 Å². The van der Waals surface area contributed by atoms with E-state index < -0.39 is 0 Å². The molecule has 0 aliphatic heterocycles. The van der Waals surface area contributed by atoms with E-state index in [1.165, 1.54) is 25.7 Å². The van der Waals surface area contributed by atoms with Crippen molar-refractivity contribution in [3.63, 3.8) is 0 Å². The standard InChI is InChI=1S/C12H21NO/c1-3-10(13)12(14-2)11(8-4-5-8)9-6-7-9/h3,8-9,11-12H,4-7,13H2,1-2H3. The number of ether oxygens (including phenoxy) is 1. The highest BCUT2D eigenvalue weighted by Gasteiger charge is 2.46. The molecule has 2 saturated carbocycles. The lowest BCUT2D eigenvalue weighted by molar-refractivity contribution is 0.0594. The van der Waals surface area contributed by atoms with Crippen LogP contribution >= 0.6 is 0 Å². The van der Waals surface area contributed by atoms with E-state index in [1.807, 2.05) is 13.0 Å². The van der Waals surface area contributed by atoms with Crippen LogP contribution in [0.3, 0.4) is 0 Å². The molecule has 2 aliphatic carbocycles. The fourth-order valence-electron chi connectivity index (χ4n) is 2.52. The van der Waals surface area contributed by atoms with Gasteiger partial charge >= 0.3 is 0 Å². The summed E-state index contributed by atoms with van der Waals surface area (Å²) in [5, 5.41) is 0. The van der Waals surface area contributed by atoms with Gasteiger partial charge in [-0.05, 0) is 50.4 Å². The van der Waals surface area contributed by atoms with Crippen molar-refractivity contribution >= 4 is 0 Å². The van der Waals surface area contributed by atoms with Crippen LogP contribution in [-0.2, 0) is 4.74 Å². The van der Waals surface area contributed by atoms with Crippen molar-refractivity contribution in [2.75, 3.05) is 7.11 Å². The lowest BCUT2D eigenvalue weighted by atomic mass is 9.89. The molecule has 0 aromatic carbocycles. The Morgan fingerprint density at radius 1 is 1.29 bits per heavy atom. The summed E-state index contributed by atoms with van der Waals surface area (Å²) >= 11 is 0. The van der Waals surface area contributed by atoms with Crippen LogP contribution in [0.4, 0.5) is 0 Å². The van der Waals surface area contributed by atoms with Gasteiger partial charge in [-0.3, -0.25) is 0 Å². The van der Waals surface area contributed by atoms with E-state index in [9.17, 15) is 0 Å². The summed E-state index contributed by atoms with van der Waals surface area (Å²) in [6, 6.07) is 0. The first-order valence-electron chi connectivity index (χ1n) is 5.72. The third-order valence-corrected chi connectivity index (χ3v) is 3.60. The van der Waals surface area contributed by atoms with Crippen molar-refractivity contribution in [2.24, 2.45) is 23.5 Å². The second-order valence-electron chi connectivity index (χ2n) is 4.70. The normalized spacial score (nSPS) is 25.5. The van der Waals surface area contributed by atoms with Crippen LogP contribution in [0.2, 0.25) is 0 Å². The second kappa shape index (κ2) is 3.93. The fourth-order valence-corrected chi connectivity index (χ4v) is 2.52. The number of nitrogens with two attached hydrogens (primary N) is 1. The van der Waals surface area contributed by atoms with Crippen LogP contribution in [-0.4, -0.2) is 13.2 Å². The van der Waals surface area contributed by atoms with Crippen molar-refractivity contribution in [1.29, 1.82) is 0 Å². The molecule has 0 heterocycles. The molecular weight excluding hydrogens is 174 g/mol. The molecule has 0 aromatic heterocycles. The van der Waals surface area contributed by atoms with E-state index in [-0.39, 0.29) is 6.10 Å². The smallest absolute Gasteiger partial charge is 0.0993 e. The number of rotatable bonds is 5. The predicted molar refractivity (Wildman–Crippen MR) is 57.7 cm³/mol. The monoisotopic (exact) mass is 195 g/mol. The Kier molecular flexibility index (Phi) is 2.82. The van der Waals surface area contributed by atoms with Crippen molar-refractivity contribution < 1.29 is 4.74 Å². The first-order valence-corrected chi connectivity index (χ1v) is 5.72. The molecule has 0 radical (unpaired) electrons. The average molecular weight is 195 g/mol. The largest absolute Gasteiger partial charge is 0.400 e. The van der Waals surface area contributed by atoms with Crippen LogP contribution in [0.15, 0.2) is 11.8 Å². The summed E-state index contributed by atoms with van der Waals surface area (Å²) < 4.78 is 5.57. The first kappa shape index (κ1) is 10.0. The van der Waals surface area contributed by atoms with Crippen LogP contribution in [0, 0.1) is 17.8 Å². The van der Waals surface area contributed by atoms with Crippen LogP contribution in [0.5, 0.6) is 0 Å². The Bertz CT molecular complexity index is 216. The van der Waals surface area contributed by atoms with Crippen LogP contribution in [0.1, 0.15) is 32.6 Å². The van der Waals surface area contributed by atoms with Crippen molar-refractivity contribution in [1.82, 2.24) is 0 Å². The van der Waals surface area contributed by atoms with Gasteiger partial charge in [0.2, 0.25) is 0 Å². The zero-order valence-electron chi connectivity index (χ0n) is 9.20. The SMILES string of the molecule is CC=C(N)C(OC)C(C1CC1)C1CC1. The molecule has 0 amide bonds. The van der Waals surface area contributed by atoms with Crippen molar-refractivity contribution in [2.45, 2.75) is 38.7 Å². The van der Waals surface area contributed by atoms with Crippen LogP contribution < -0.4 is 5.73 Å². The van der Waals surface area contributed by atoms with Gasteiger partial charge in [-0.2, -0.15) is 0 Å². The van der Waals surface area contributed by atoms with E-state index in [2.05, 4.69) is 0 Å². The van der Waals surface area contributed by atoms with E-state index in [4.69, 9.17) is 10.5 Å². The molecular formula is C12H21NO. The summed E-state index contributed by atoms with van der Waals surface area (Å²) in [5.41, 5.74) is 6.92. The highest BCUT2D eigenvalue weighted by atomic mass is 16.5. The molecule has 2 N–H and O–H groups in total. The molecule has 2 nitrogen and oxygen atoms in total. The molecule has 2 rings (SSSR count). The zero-order valence-corrected chi connectivity index (χ0v) is 9.20. The molecule has 2 fully saturated rings. The Morgan fingerprint density at radius 2 is 1.79 bits per heavy atom. The molecule has 0 aromatic rings. The Labute approximate surface area is 86.5 Å². The minimum atomic E-state index is 0.181. The topological polar surface area (TPSA) is 35.2 Å². The minimum absolute atomic E-state index is 0.181. The first-order chi connectivity index (χ1) is 6.77. The molecule has 0 saturated heterocycles. The maximum atomic E-state index is 6.00. The van der Waals surface area contributed by atoms with Gasteiger partial charge in [0.05, 0.1) is 6.10 Å². The average Bonchev–Trinajstić information content (AvgIpc) is 3.03. The Hall–Kier alpha value is -0.500. The highest BCUT2D eigenvalue weighted by Crippen LogP contribution is 2.51. The van der Waals surface area contributed by atoms with E-state index in [1.54, 1.807) is 7.11 Å². The Morgan fingerprint density at radius 3 is 2.07 bits per heavy atom. The number of hydrogen-bond donors (Lipinski definition) is 1. The third kappa shape index (κ3) is 1.95. The Balaban J connectivity index is 2.06. The quantitative estimate of drug-likeness (QED) is 0.730. The molecule has 1 unspecified atom stereocenters. The summed E-state index contributed by atoms with van der Waals surface area (Å²) in [5.74, 6) is 2.49. The van der Waals surface area contributed by atoms with Crippen LogP contribution in [0.25, 0.3) is 0 Å². The lowest BCUT2D eigenvalue weighted by Crippen LogP contribution is -2.31. The molecule has 1 atom stereocenters. The summed E-state index contributed by atoms with van der Waals surface area (Å²) in [4.78, 5) is 0. The number of hydrogen-bond acceptors (Lipinski definition) is 2. The molecule has 0 spiro atoms. The lowest BCUT2D eigenvalue weighted by Gasteiger charge is -2.26. The van der Waals surface area contributed by atoms with Gasteiger partial charge in [-0.1, -0.05) is 6.08 Å². The van der Waals surface area contributed by atoms with Gasteiger partial charge in [0, 0.05) is 12.8 Å². The summed E-state index contributed by atoms with van der Waals surface area (Å²) in [6.07, 6.45) is 7.72. The van der Waals surface area contributed by atoms with Gasteiger partial charge in [-0.15, -0.1) is 0 Å². The predicted octanol–water partition coefficient (Wildman–Crippen LogP) is 2.30. The molecule has 0 bridgehead atoms. The van der Waals surface area contributed by atoms with Crippen molar-refractivity contribution in [3.05, 3.63) is 11.8 Å². The van der Waals surface area contributed by atoms with Gasteiger partial charge in [-0.25, -0.2) is 0 Å². The van der Waals surface area contributed by atoms with E-state index in [0.717, 1.165) is 17.5 Å². The van der Waals surface area contributed by atoms with Gasteiger partial charge in [0.15, 0.2) is 0 Å².